The lowest BCUT2D eigenvalue weighted by molar-refractivity contribution is 0.525. The molecule has 86 valence electrons. The molecule has 0 saturated carbocycles. The van der Waals surface area contributed by atoms with Crippen LogP contribution in [-0.4, -0.2) is 21.7 Å². The first kappa shape index (κ1) is 11.3. The minimum absolute atomic E-state index is 0.236. The quantitative estimate of drug-likeness (QED) is 0.834. The molecular formula is C9H11ClN4OS. The van der Waals surface area contributed by atoms with E-state index in [2.05, 4.69) is 25.9 Å². The number of nitrogens with one attached hydrogen (secondary N) is 1. The molecule has 0 aliphatic rings. The second kappa shape index (κ2) is 5.27. The van der Waals surface area contributed by atoms with Gasteiger partial charge >= 0.3 is 6.01 Å². The highest BCUT2D eigenvalue weighted by Gasteiger charge is 2.04. The SMILES string of the molecule is Cc1nc(CCNc2nnc(CCl)o2)cs1. The van der Waals surface area contributed by atoms with Crippen molar-refractivity contribution >= 4 is 29.0 Å². The molecule has 1 N–H and O–H groups in total. The minimum atomic E-state index is 0.236. The van der Waals surface area contributed by atoms with Gasteiger partial charge in [-0.25, -0.2) is 4.98 Å². The van der Waals surface area contributed by atoms with Gasteiger partial charge in [-0.1, -0.05) is 5.10 Å². The van der Waals surface area contributed by atoms with E-state index in [-0.39, 0.29) is 5.88 Å². The Labute approximate surface area is 102 Å². The lowest BCUT2D eigenvalue weighted by atomic mass is 10.3. The Morgan fingerprint density at radius 3 is 3.00 bits per heavy atom. The van der Waals surface area contributed by atoms with E-state index < -0.39 is 0 Å². The van der Waals surface area contributed by atoms with Crippen LogP contribution < -0.4 is 5.32 Å². The molecule has 16 heavy (non-hydrogen) atoms. The Kier molecular flexibility index (Phi) is 3.74. The summed E-state index contributed by atoms with van der Waals surface area (Å²) in [5.74, 6) is 0.661. The van der Waals surface area contributed by atoms with Crippen LogP contribution in [0.2, 0.25) is 0 Å². The number of hydrogen-bond donors (Lipinski definition) is 1. The molecule has 5 nitrogen and oxygen atoms in total. The number of anilines is 1. The van der Waals surface area contributed by atoms with Crippen molar-refractivity contribution in [1.29, 1.82) is 0 Å². The second-order valence-electron chi connectivity index (χ2n) is 3.17. The number of aryl methyl sites for hydroxylation is 1. The van der Waals surface area contributed by atoms with Crippen LogP contribution in [-0.2, 0) is 12.3 Å². The maximum Gasteiger partial charge on any atom is 0.315 e. The monoisotopic (exact) mass is 258 g/mol. The summed E-state index contributed by atoms with van der Waals surface area (Å²) in [5, 5.41) is 13.7. The molecule has 0 saturated heterocycles. The van der Waals surface area contributed by atoms with E-state index in [0.717, 1.165) is 17.1 Å². The fourth-order valence-electron chi connectivity index (χ4n) is 1.20. The van der Waals surface area contributed by atoms with Crippen LogP contribution in [0.4, 0.5) is 6.01 Å². The lowest BCUT2D eigenvalue weighted by Crippen LogP contribution is -2.05. The zero-order chi connectivity index (χ0) is 11.4. The lowest BCUT2D eigenvalue weighted by Gasteiger charge is -1.97. The zero-order valence-corrected chi connectivity index (χ0v) is 10.3. The number of thiazole rings is 1. The van der Waals surface area contributed by atoms with Crippen LogP contribution in [0.25, 0.3) is 0 Å². The highest BCUT2D eigenvalue weighted by molar-refractivity contribution is 7.09. The Balaban J connectivity index is 1.79. The average molecular weight is 259 g/mol. The Morgan fingerprint density at radius 1 is 1.50 bits per heavy atom. The van der Waals surface area contributed by atoms with Gasteiger partial charge in [0, 0.05) is 18.3 Å². The van der Waals surface area contributed by atoms with Gasteiger partial charge in [0.2, 0.25) is 5.89 Å². The van der Waals surface area contributed by atoms with E-state index in [1.165, 1.54) is 0 Å². The third kappa shape index (κ3) is 2.93. The minimum Gasteiger partial charge on any atom is -0.407 e. The van der Waals surface area contributed by atoms with Crippen molar-refractivity contribution < 1.29 is 4.42 Å². The average Bonchev–Trinajstić information content (AvgIpc) is 2.88. The van der Waals surface area contributed by atoms with E-state index in [1.807, 2.05) is 6.92 Å². The normalized spacial score (nSPS) is 10.6. The molecule has 2 aromatic heterocycles. The van der Waals surface area contributed by atoms with Crippen LogP contribution in [0.3, 0.4) is 0 Å². The summed E-state index contributed by atoms with van der Waals surface area (Å²) in [6.45, 7) is 2.71. The fourth-order valence-corrected chi connectivity index (χ4v) is 1.95. The largest absolute Gasteiger partial charge is 0.407 e. The second-order valence-corrected chi connectivity index (χ2v) is 4.50. The summed E-state index contributed by atoms with van der Waals surface area (Å²) in [6, 6.07) is 0.405. The van der Waals surface area contributed by atoms with Crippen molar-refractivity contribution in [2.24, 2.45) is 0 Å². The van der Waals surface area contributed by atoms with Gasteiger partial charge in [-0.2, -0.15) is 0 Å². The maximum atomic E-state index is 5.54. The van der Waals surface area contributed by atoms with Crippen molar-refractivity contribution in [2.75, 3.05) is 11.9 Å². The van der Waals surface area contributed by atoms with Crippen molar-refractivity contribution in [3.8, 4) is 0 Å². The molecular weight excluding hydrogens is 248 g/mol. The Hall–Kier alpha value is -1.14. The fraction of sp³-hybridized carbons (Fsp3) is 0.444. The standard InChI is InChI=1S/C9H11ClN4OS/c1-6-12-7(5-16-6)2-3-11-9-14-13-8(4-10)15-9/h5H,2-4H2,1H3,(H,11,14). The van der Waals surface area contributed by atoms with Crippen LogP contribution in [0.1, 0.15) is 16.6 Å². The Bertz CT molecular complexity index is 456. The van der Waals surface area contributed by atoms with Gasteiger partial charge in [0.1, 0.15) is 5.88 Å². The first-order chi connectivity index (χ1) is 7.78. The third-order valence-electron chi connectivity index (χ3n) is 1.91. The van der Waals surface area contributed by atoms with Gasteiger partial charge in [-0.3, -0.25) is 0 Å². The number of halogens is 1. The summed E-state index contributed by atoms with van der Waals surface area (Å²) >= 11 is 7.19. The molecule has 0 aliphatic carbocycles. The molecule has 0 bridgehead atoms. The first-order valence-corrected chi connectivity index (χ1v) is 6.22. The number of hydrogen-bond acceptors (Lipinski definition) is 6. The topological polar surface area (TPSA) is 63.8 Å². The highest BCUT2D eigenvalue weighted by Crippen LogP contribution is 2.10. The molecule has 0 aromatic carbocycles. The molecule has 2 aromatic rings. The van der Waals surface area contributed by atoms with Gasteiger partial charge in [0.05, 0.1) is 10.7 Å². The summed E-state index contributed by atoms with van der Waals surface area (Å²) in [7, 11) is 0. The molecule has 0 spiro atoms. The maximum absolute atomic E-state index is 5.54. The number of aromatic nitrogens is 3. The first-order valence-electron chi connectivity index (χ1n) is 4.81. The van der Waals surface area contributed by atoms with E-state index in [1.54, 1.807) is 11.3 Å². The molecule has 0 amide bonds. The van der Waals surface area contributed by atoms with Gasteiger partial charge in [-0.15, -0.1) is 28.0 Å². The van der Waals surface area contributed by atoms with E-state index >= 15 is 0 Å². The molecule has 2 heterocycles. The predicted octanol–water partition coefficient (Wildman–Crippen LogP) is 2.23. The van der Waals surface area contributed by atoms with Gasteiger partial charge in [-0.05, 0) is 6.92 Å². The molecule has 7 heteroatoms. The predicted molar refractivity (Wildman–Crippen MR) is 62.9 cm³/mol. The Morgan fingerprint density at radius 2 is 2.38 bits per heavy atom. The van der Waals surface area contributed by atoms with Crippen LogP contribution in [0.5, 0.6) is 0 Å². The van der Waals surface area contributed by atoms with Crippen LogP contribution in [0.15, 0.2) is 9.80 Å². The third-order valence-corrected chi connectivity index (χ3v) is 2.96. The summed E-state index contributed by atoms with van der Waals surface area (Å²) in [6.07, 6.45) is 0.836. The number of alkyl halides is 1. The summed E-state index contributed by atoms with van der Waals surface area (Å²) < 4.78 is 5.19. The molecule has 0 fully saturated rings. The molecule has 2 rings (SSSR count). The zero-order valence-electron chi connectivity index (χ0n) is 8.73. The summed E-state index contributed by atoms with van der Waals surface area (Å²) in [5.41, 5.74) is 1.08. The smallest absolute Gasteiger partial charge is 0.315 e. The van der Waals surface area contributed by atoms with Crippen LogP contribution in [0, 0.1) is 6.92 Å². The molecule has 0 atom stereocenters. The van der Waals surface area contributed by atoms with Crippen LogP contribution >= 0.6 is 22.9 Å². The number of nitrogens with zero attached hydrogens (tertiary/aromatic N) is 3. The van der Waals surface area contributed by atoms with Crippen molar-refractivity contribution in [1.82, 2.24) is 15.2 Å². The highest BCUT2D eigenvalue weighted by atomic mass is 35.5. The van der Waals surface area contributed by atoms with Crippen molar-refractivity contribution in [3.05, 3.63) is 22.0 Å². The van der Waals surface area contributed by atoms with Gasteiger partial charge < -0.3 is 9.73 Å². The van der Waals surface area contributed by atoms with E-state index in [0.29, 0.717) is 18.5 Å². The van der Waals surface area contributed by atoms with E-state index in [4.69, 9.17) is 16.0 Å². The van der Waals surface area contributed by atoms with Crippen molar-refractivity contribution in [2.45, 2.75) is 19.2 Å². The van der Waals surface area contributed by atoms with E-state index in [9.17, 15) is 0 Å². The molecule has 0 unspecified atom stereocenters. The van der Waals surface area contributed by atoms with Gasteiger partial charge in [0.25, 0.3) is 0 Å². The molecule has 0 aliphatic heterocycles. The van der Waals surface area contributed by atoms with Crippen molar-refractivity contribution in [3.63, 3.8) is 0 Å². The summed E-state index contributed by atoms with van der Waals surface area (Å²) in [4.78, 5) is 4.35. The molecule has 0 radical (unpaired) electrons. The number of rotatable bonds is 5. The van der Waals surface area contributed by atoms with Gasteiger partial charge in [0.15, 0.2) is 0 Å².